The zero-order valence-electron chi connectivity index (χ0n) is 10.1. The predicted molar refractivity (Wildman–Crippen MR) is 65.8 cm³/mol. The Morgan fingerprint density at radius 2 is 2.12 bits per heavy atom. The van der Waals surface area contributed by atoms with Crippen LogP contribution in [0.15, 0.2) is 24.3 Å². The van der Waals surface area contributed by atoms with E-state index in [1.54, 1.807) is 0 Å². The summed E-state index contributed by atoms with van der Waals surface area (Å²) in [6.07, 6.45) is 0.988. The molecule has 0 aromatic heterocycles. The quantitative estimate of drug-likeness (QED) is 0.780. The molecule has 1 aromatic rings. The summed E-state index contributed by atoms with van der Waals surface area (Å²) in [5.41, 5.74) is 2.15. The fourth-order valence-electron chi connectivity index (χ4n) is 2.08. The Hall–Kier alpha value is -1.84. The topological polar surface area (TPSA) is 49.4 Å². The van der Waals surface area contributed by atoms with E-state index in [4.69, 9.17) is 0 Å². The number of imide groups is 1. The van der Waals surface area contributed by atoms with Gasteiger partial charge in [-0.25, -0.2) is 0 Å². The molecule has 2 rings (SSSR count). The molecule has 1 heterocycles. The van der Waals surface area contributed by atoms with Crippen LogP contribution in [0.25, 0.3) is 0 Å². The minimum Gasteiger partial charge on any atom is -0.363 e. The van der Waals surface area contributed by atoms with Gasteiger partial charge in [0.05, 0.1) is 0 Å². The molecule has 1 N–H and O–H groups in total. The van der Waals surface area contributed by atoms with Crippen molar-refractivity contribution in [2.75, 3.05) is 11.9 Å². The summed E-state index contributed by atoms with van der Waals surface area (Å²) in [7, 11) is 1.88. The molecular weight excluding hydrogens is 216 g/mol. The van der Waals surface area contributed by atoms with Crippen LogP contribution < -0.4 is 10.2 Å². The van der Waals surface area contributed by atoms with Crippen molar-refractivity contribution in [2.24, 2.45) is 0 Å². The average Bonchev–Trinajstić information content (AvgIpc) is 2.28. The molecule has 0 bridgehead atoms. The Morgan fingerprint density at radius 1 is 1.35 bits per heavy atom. The highest BCUT2D eigenvalue weighted by molar-refractivity contribution is 6.01. The summed E-state index contributed by atoms with van der Waals surface area (Å²) in [6, 6.07) is 7.73. The second-order valence-electron chi connectivity index (χ2n) is 4.42. The molecule has 1 atom stereocenters. The molecule has 4 nitrogen and oxygen atoms in total. The number of carbonyl (C=O) groups excluding carboxylic acids is 2. The van der Waals surface area contributed by atoms with Crippen LogP contribution in [0, 0.1) is 6.92 Å². The Morgan fingerprint density at radius 3 is 2.76 bits per heavy atom. The van der Waals surface area contributed by atoms with E-state index < -0.39 is 0 Å². The predicted octanol–water partition coefficient (Wildman–Crippen LogP) is 1.24. The lowest BCUT2D eigenvalue weighted by Gasteiger charge is -2.31. The highest BCUT2D eigenvalue weighted by Gasteiger charge is 2.29. The Bertz CT molecular complexity index is 456. The molecule has 1 aromatic carbocycles. The maximum Gasteiger partial charge on any atom is 0.249 e. The minimum absolute atomic E-state index is 0.177. The van der Waals surface area contributed by atoms with E-state index in [1.807, 2.05) is 43.1 Å². The first-order valence-corrected chi connectivity index (χ1v) is 5.71. The number of hydrogen-bond acceptors (Lipinski definition) is 3. The van der Waals surface area contributed by atoms with Gasteiger partial charge in [-0.3, -0.25) is 14.9 Å². The molecule has 1 unspecified atom stereocenters. The number of benzene rings is 1. The number of amides is 2. The molecule has 0 aliphatic carbocycles. The van der Waals surface area contributed by atoms with Crippen molar-refractivity contribution in [2.45, 2.75) is 25.8 Å². The van der Waals surface area contributed by atoms with Crippen LogP contribution in [0.1, 0.15) is 18.4 Å². The van der Waals surface area contributed by atoms with Crippen LogP contribution in [-0.4, -0.2) is 24.9 Å². The fourth-order valence-corrected chi connectivity index (χ4v) is 2.08. The average molecular weight is 232 g/mol. The van der Waals surface area contributed by atoms with Crippen LogP contribution in [-0.2, 0) is 9.59 Å². The van der Waals surface area contributed by atoms with Crippen LogP contribution in [0.4, 0.5) is 5.69 Å². The van der Waals surface area contributed by atoms with Gasteiger partial charge in [0, 0.05) is 19.2 Å². The van der Waals surface area contributed by atoms with Gasteiger partial charge < -0.3 is 4.90 Å². The lowest BCUT2D eigenvalue weighted by molar-refractivity contribution is -0.134. The van der Waals surface area contributed by atoms with Crippen LogP contribution in [0.3, 0.4) is 0 Å². The summed E-state index contributed by atoms with van der Waals surface area (Å²) >= 11 is 0. The standard InChI is InChI=1S/C13H16N2O2/c1-9-4-3-5-10(8-9)15(2)11-6-7-12(16)14-13(11)17/h3-5,8,11H,6-7H2,1-2H3,(H,14,16,17). The lowest BCUT2D eigenvalue weighted by Crippen LogP contribution is -2.51. The maximum atomic E-state index is 11.7. The van der Waals surface area contributed by atoms with Gasteiger partial charge in [0.1, 0.15) is 6.04 Å². The summed E-state index contributed by atoms with van der Waals surface area (Å²) in [6.45, 7) is 2.02. The van der Waals surface area contributed by atoms with E-state index in [2.05, 4.69) is 5.32 Å². The van der Waals surface area contributed by atoms with E-state index in [-0.39, 0.29) is 17.9 Å². The third kappa shape index (κ3) is 2.46. The van der Waals surface area contributed by atoms with E-state index >= 15 is 0 Å². The Balaban J connectivity index is 2.17. The smallest absolute Gasteiger partial charge is 0.249 e. The number of rotatable bonds is 2. The van der Waals surface area contributed by atoms with Gasteiger partial charge in [-0.1, -0.05) is 12.1 Å². The highest BCUT2D eigenvalue weighted by atomic mass is 16.2. The molecule has 17 heavy (non-hydrogen) atoms. The number of hydrogen-bond donors (Lipinski definition) is 1. The van der Waals surface area contributed by atoms with Gasteiger partial charge in [-0.05, 0) is 31.0 Å². The van der Waals surface area contributed by atoms with Crippen molar-refractivity contribution in [1.82, 2.24) is 5.32 Å². The first-order chi connectivity index (χ1) is 8.08. The summed E-state index contributed by atoms with van der Waals surface area (Å²) in [5, 5.41) is 2.38. The highest BCUT2D eigenvalue weighted by Crippen LogP contribution is 2.20. The van der Waals surface area contributed by atoms with E-state index in [0.29, 0.717) is 12.8 Å². The van der Waals surface area contributed by atoms with E-state index in [9.17, 15) is 9.59 Å². The molecule has 1 aliphatic heterocycles. The molecule has 90 valence electrons. The molecule has 1 aliphatic rings. The zero-order chi connectivity index (χ0) is 12.4. The molecule has 1 fully saturated rings. The Kier molecular flexibility index (Phi) is 3.13. The van der Waals surface area contributed by atoms with Gasteiger partial charge >= 0.3 is 0 Å². The second kappa shape index (κ2) is 4.57. The third-order valence-corrected chi connectivity index (χ3v) is 3.09. The maximum absolute atomic E-state index is 11.7. The zero-order valence-corrected chi connectivity index (χ0v) is 10.1. The molecule has 0 spiro atoms. The second-order valence-corrected chi connectivity index (χ2v) is 4.42. The van der Waals surface area contributed by atoms with E-state index in [1.165, 1.54) is 0 Å². The number of nitrogens with zero attached hydrogens (tertiary/aromatic N) is 1. The fraction of sp³-hybridized carbons (Fsp3) is 0.385. The summed E-state index contributed by atoms with van der Waals surface area (Å²) in [5.74, 6) is -0.380. The van der Waals surface area contributed by atoms with Gasteiger partial charge in [-0.2, -0.15) is 0 Å². The van der Waals surface area contributed by atoms with Crippen molar-refractivity contribution in [1.29, 1.82) is 0 Å². The largest absolute Gasteiger partial charge is 0.363 e. The van der Waals surface area contributed by atoms with Crippen LogP contribution >= 0.6 is 0 Å². The number of likely N-dealkylation sites (N-methyl/N-ethyl adjacent to an activating group) is 1. The summed E-state index contributed by atoms with van der Waals surface area (Å²) < 4.78 is 0. The monoisotopic (exact) mass is 232 g/mol. The number of anilines is 1. The van der Waals surface area contributed by atoms with Crippen molar-refractivity contribution in [3.05, 3.63) is 29.8 Å². The number of aryl methyl sites for hydroxylation is 1. The van der Waals surface area contributed by atoms with Gasteiger partial charge in [-0.15, -0.1) is 0 Å². The summed E-state index contributed by atoms with van der Waals surface area (Å²) in [4.78, 5) is 24.7. The van der Waals surface area contributed by atoms with Gasteiger partial charge in [0.25, 0.3) is 0 Å². The van der Waals surface area contributed by atoms with Crippen LogP contribution in [0.2, 0.25) is 0 Å². The molecule has 0 radical (unpaired) electrons. The molecule has 4 heteroatoms. The number of nitrogens with one attached hydrogen (secondary N) is 1. The SMILES string of the molecule is Cc1cccc(N(C)C2CCC(=O)NC2=O)c1. The van der Waals surface area contributed by atoms with Crippen LogP contribution in [0.5, 0.6) is 0 Å². The Labute approximate surface area is 101 Å². The first-order valence-electron chi connectivity index (χ1n) is 5.71. The molecule has 0 saturated carbocycles. The molecular formula is C13H16N2O2. The van der Waals surface area contributed by atoms with Gasteiger partial charge in [0.2, 0.25) is 11.8 Å². The van der Waals surface area contributed by atoms with Crippen molar-refractivity contribution in [3.8, 4) is 0 Å². The van der Waals surface area contributed by atoms with Gasteiger partial charge in [0.15, 0.2) is 0 Å². The minimum atomic E-state index is -0.255. The molecule has 2 amide bonds. The normalized spacial score (nSPS) is 20.0. The third-order valence-electron chi connectivity index (χ3n) is 3.09. The first kappa shape index (κ1) is 11.6. The lowest BCUT2D eigenvalue weighted by atomic mass is 10.0. The molecule has 1 saturated heterocycles. The number of carbonyl (C=O) groups is 2. The van der Waals surface area contributed by atoms with Crippen molar-refractivity contribution in [3.63, 3.8) is 0 Å². The van der Waals surface area contributed by atoms with Crippen molar-refractivity contribution >= 4 is 17.5 Å². The van der Waals surface area contributed by atoms with E-state index in [0.717, 1.165) is 11.3 Å². The number of piperidine rings is 1. The van der Waals surface area contributed by atoms with Crippen molar-refractivity contribution < 1.29 is 9.59 Å².